The van der Waals surface area contributed by atoms with Gasteiger partial charge in [-0.1, -0.05) is 0 Å². The van der Waals surface area contributed by atoms with Gasteiger partial charge in [0.15, 0.2) is 0 Å². The second-order valence-corrected chi connectivity index (χ2v) is 7.45. The number of nitrogens with zero attached hydrogens (tertiary/aromatic N) is 3. The molecular weight excluding hydrogens is 495 g/mol. The third-order valence-electron chi connectivity index (χ3n) is 4.95. The quantitative estimate of drug-likeness (QED) is 0.535. The van der Waals surface area contributed by atoms with Crippen molar-refractivity contribution in [3.05, 3.63) is 54.1 Å². The van der Waals surface area contributed by atoms with Gasteiger partial charge in [-0.2, -0.15) is 13.9 Å². The number of carbonyl (C=O) groups is 2. The van der Waals surface area contributed by atoms with Crippen LogP contribution in [-0.4, -0.2) is 73.9 Å². The number of rotatable bonds is 8. The molecule has 0 bridgehead atoms. The number of anilines is 1. The molecule has 2 aromatic carbocycles. The minimum Gasteiger partial charge on any atom is -0.453 e. The molecule has 1 aliphatic rings. The standard InChI is InChI=1S/C22H21F5N4O5/c1-30(21(33)34-2)17-11-31(29-19(17)13-3-7-15(8-4-13)35-20(23)24)12-18(32)28-14-5-9-16(10-6-14)36-22(25,26)27/h3-10,17,20H,11-12H2,1-2H3,(H,28,32). The van der Waals surface area contributed by atoms with Crippen LogP contribution in [0.15, 0.2) is 53.6 Å². The highest BCUT2D eigenvalue weighted by Crippen LogP contribution is 2.25. The Morgan fingerprint density at radius 3 is 2.28 bits per heavy atom. The number of halogens is 5. The van der Waals surface area contributed by atoms with Gasteiger partial charge in [-0.05, 0) is 48.5 Å². The average Bonchev–Trinajstić information content (AvgIpc) is 3.22. The van der Waals surface area contributed by atoms with Gasteiger partial charge in [0.2, 0.25) is 5.91 Å². The van der Waals surface area contributed by atoms with Gasteiger partial charge in [-0.15, -0.1) is 13.2 Å². The largest absolute Gasteiger partial charge is 0.573 e. The van der Waals surface area contributed by atoms with E-state index < -0.39 is 36.8 Å². The minimum atomic E-state index is -4.83. The van der Waals surface area contributed by atoms with E-state index in [2.05, 4.69) is 19.9 Å². The lowest BCUT2D eigenvalue weighted by Crippen LogP contribution is -2.44. The van der Waals surface area contributed by atoms with E-state index in [1.165, 1.54) is 60.5 Å². The third-order valence-corrected chi connectivity index (χ3v) is 4.95. The molecule has 0 spiro atoms. The molecule has 36 heavy (non-hydrogen) atoms. The second kappa shape index (κ2) is 11.1. The van der Waals surface area contributed by atoms with Crippen LogP contribution < -0.4 is 14.8 Å². The molecule has 0 saturated heterocycles. The Kier molecular flexibility index (Phi) is 8.17. The van der Waals surface area contributed by atoms with Crippen LogP contribution >= 0.6 is 0 Å². The van der Waals surface area contributed by atoms with E-state index in [1.54, 1.807) is 0 Å². The number of hydrazone groups is 1. The summed E-state index contributed by atoms with van der Waals surface area (Å²) >= 11 is 0. The first-order chi connectivity index (χ1) is 16.9. The number of amides is 2. The van der Waals surface area contributed by atoms with Gasteiger partial charge in [0.1, 0.15) is 18.0 Å². The number of methoxy groups -OCH3 is 1. The van der Waals surface area contributed by atoms with Crippen molar-refractivity contribution in [1.29, 1.82) is 0 Å². The summed E-state index contributed by atoms with van der Waals surface area (Å²) in [6.45, 7) is -3.12. The van der Waals surface area contributed by atoms with Crippen molar-refractivity contribution in [1.82, 2.24) is 9.91 Å². The first kappa shape index (κ1) is 26.5. The number of hydrogen-bond donors (Lipinski definition) is 1. The fourth-order valence-corrected chi connectivity index (χ4v) is 3.39. The van der Waals surface area contributed by atoms with Crippen LogP contribution in [0.1, 0.15) is 5.56 Å². The molecule has 0 aromatic heterocycles. The Bertz CT molecular complexity index is 1090. The first-order valence-electron chi connectivity index (χ1n) is 10.3. The SMILES string of the molecule is COC(=O)N(C)C1CN(CC(=O)Nc2ccc(OC(F)(F)F)cc2)N=C1c1ccc(OC(F)F)cc1. The molecule has 1 heterocycles. The van der Waals surface area contributed by atoms with E-state index in [4.69, 9.17) is 4.74 Å². The van der Waals surface area contributed by atoms with Gasteiger partial charge < -0.3 is 24.4 Å². The zero-order valence-corrected chi connectivity index (χ0v) is 19.0. The van der Waals surface area contributed by atoms with Crippen molar-refractivity contribution in [3.63, 3.8) is 0 Å². The molecule has 1 unspecified atom stereocenters. The molecule has 14 heteroatoms. The first-order valence-corrected chi connectivity index (χ1v) is 10.3. The fraction of sp³-hybridized carbons (Fsp3) is 0.318. The molecule has 2 aromatic rings. The molecule has 0 saturated carbocycles. The Labute approximate surface area is 202 Å². The van der Waals surface area contributed by atoms with Gasteiger partial charge in [0.05, 0.1) is 25.4 Å². The van der Waals surface area contributed by atoms with Crippen LogP contribution in [0.2, 0.25) is 0 Å². The number of alkyl halides is 5. The predicted octanol–water partition coefficient (Wildman–Crippen LogP) is 3.91. The van der Waals surface area contributed by atoms with E-state index in [0.29, 0.717) is 11.3 Å². The lowest BCUT2D eigenvalue weighted by molar-refractivity contribution is -0.274. The van der Waals surface area contributed by atoms with Crippen molar-refractivity contribution in [2.75, 3.05) is 32.6 Å². The van der Waals surface area contributed by atoms with Gasteiger partial charge in [0, 0.05) is 18.3 Å². The Morgan fingerprint density at radius 2 is 1.72 bits per heavy atom. The van der Waals surface area contributed by atoms with Crippen LogP contribution in [0.5, 0.6) is 11.5 Å². The molecule has 9 nitrogen and oxygen atoms in total. The Balaban J connectivity index is 1.71. The Morgan fingerprint density at radius 1 is 1.11 bits per heavy atom. The summed E-state index contributed by atoms with van der Waals surface area (Å²) in [6.07, 6.45) is -5.49. The summed E-state index contributed by atoms with van der Waals surface area (Å²) in [5.74, 6) is -1.02. The van der Waals surface area contributed by atoms with Gasteiger partial charge in [-0.3, -0.25) is 9.80 Å². The lowest BCUT2D eigenvalue weighted by Gasteiger charge is -2.24. The van der Waals surface area contributed by atoms with Crippen molar-refractivity contribution in [2.45, 2.75) is 19.0 Å². The highest BCUT2D eigenvalue weighted by Gasteiger charge is 2.34. The average molecular weight is 516 g/mol. The summed E-state index contributed by atoms with van der Waals surface area (Å²) in [5, 5.41) is 8.34. The predicted molar refractivity (Wildman–Crippen MR) is 117 cm³/mol. The van der Waals surface area contributed by atoms with Crippen LogP contribution in [0, 0.1) is 0 Å². The summed E-state index contributed by atoms with van der Waals surface area (Å²) in [4.78, 5) is 25.9. The number of carbonyl (C=O) groups excluding carboxylic acids is 2. The van der Waals surface area contributed by atoms with Crippen LogP contribution in [0.3, 0.4) is 0 Å². The van der Waals surface area contributed by atoms with Gasteiger partial charge in [0.25, 0.3) is 0 Å². The number of hydrogen-bond acceptors (Lipinski definition) is 7. The molecule has 0 fully saturated rings. The normalized spacial score (nSPS) is 15.4. The summed E-state index contributed by atoms with van der Waals surface area (Å²) in [7, 11) is 2.69. The highest BCUT2D eigenvalue weighted by atomic mass is 19.4. The topological polar surface area (TPSA) is 92.7 Å². The smallest absolute Gasteiger partial charge is 0.453 e. The van der Waals surface area contributed by atoms with E-state index >= 15 is 0 Å². The van der Waals surface area contributed by atoms with Crippen LogP contribution in [0.25, 0.3) is 0 Å². The molecule has 2 amide bonds. The maximum absolute atomic E-state index is 12.5. The fourth-order valence-electron chi connectivity index (χ4n) is 3.39. The van der Waals surface area contributed by atoms with E-state index in [0.717, 1.165) is 12.1 Å². The van der Waals surface area contributed by atoms with Gasteiger partial charge in [-0.25, -0.2) is 4.79 Å². The van der Waals surface area contributed by atoms with Crippen molar-refractivity contribution in [3.8, 4) is 11.5 Å². The Hall–Kier alpha value is -4.10. The van der Waals surface area contributed by atoms with E-state index in [-0.39, 0.29) is 24.5 Å². The van der Waals surface area contributed by atoms with Gasteiger partial charge >= 0.3 is 19.1 Å². The molecular formula is C22H21F5N4O5. The summed E-state index contributed by atoms with van der Waals surface area (Å²) < 4.78 is 74.6. The molecule has 1 atom stereocenters. The molecule has 0 radical (unpaired) electrons. The van der Waals surface area contributed by atoms with Crippen molar-refractivity contribution < 1.29 is 45.8 Å². The van der Waals surface area contributed by atoms with Crippen molar-refractivity contribution >= 4 is 23.4 Å². The van der Waals surface area contributed by atoms with E-state index in [9.17, 15) is 31.5 Å². The zero-order valence-electron chi connectivity index (χ0n) is 19.0. The van der Waals surface area contributed by atoms with Crippen molar-refractivity contribution in [2.24, 2.45) is 5.10 Å². The number of ether oxygens (including phenoxy) is 3. The lowest BCUT2D eigenvalue weighted by atomic mass is 10.0. The molecule has 0 aliphatic carbocycles. The molecule has 3 rings (SSSR count). The second-order valence-electron chi connectivity index (χ2n) is 7.45. The summed E-state index contributed by atoms with van der Waals surface area (Å²) in [6, 6.07) is 9.58. The summed E-state index contributed by atoms with van der Waals surface area (Å²) in [5.41, 5.74) is 1.12. The molecule has 1 N–H and O–H groups in total. The number of nitrogens with one attached hydrogen (secondary N) is 1. The van der Waals surface area contributed by atoms with Crippen LogP contribution in [-0.2, 0) is 9.53 Å². The minimum absolute atomic E-state index is 0.0619. The highest BCUT2D eigenvalue weighted by molar-refractivity contribution is 6.06. The van der Waals surface area contributed by atoms with Crippen LogP contribution in [0.4, 0.5) is 32.4 Å². The monoisotopic (exact) mass is 516 g/mol. The maximum Gasteiger partial charge on any atom is 0.573 e. The maximum atomic E-state index is 12.5. The molecule has 194 valence electrons. The zero-order chi connectivity index (χ0) is 26.5. The third kappa shape index (κ3) is 7.20. The number of likely N-dealkylation sites (N-methyl/N-ethyl adjacent to an activating group) is 1. The number of benzene rings is 2. The molecule has 1 aliphatic heterocycles. The van der Waals surface area contributed by atoms with E-state index in [1.807, 2.05) is 0 Å².